The summed E-state index contributed by atoms with van der Waals surface area (Å²) in [4.78, 5) is 25.0. The van der Waals surface area contributed by atoms with Gasteiger partial charge in [-0.2, -0.15) is 0 Å². The molecule has 1 aromatic heterocycles. The second-order valence-corrected chi connectivity index (χ2v) is 8.64. The van der Waals surface area contributed by atoms with Crippen LogP contribution in [0.5, 0.6) is 0 Å². The van der Waals surface area contributed by atoms with Gasteiger partial charge >= 0.3 is 6.09 Å². The molecule has 0 radical (unpaired) electrons. The van der Waals surface area contributed by atoms with Crippen molar-refractivity contribution in [2.45, 2.75) is 65.5 Å². The number of amides is 1. The molecule has 0 bridgehead atoms. The molecule has 0 saturated heterocycles. The lowest BCUT2D eigenvalue weighted by atomic mass is 9.85. The lowest BCUT2D eigenvalue weighted by Gasteiger charge is -2.24. The van der Waals surface area contributed by atoms with Crippen LogP contribution in [0.2, 0.25) is 0 Å². The van der Waals surface area contributed by atoms with Crippen LogP contribution in [-0.4, -0.2) is 33.7 Å². The Morgan fingerprint density at radius 1 is 1.04 bits per heavy atom. The van der Waals surface area contributed by atoms with Gasteiger partial charge in [0.1, 0.15) is 11.6 Å². The minimum absolute atomic E-state index is 0.131. The van der Waals surface area contributed by atoms with Gasteiger partial charge in [0.25, 0.3) is 5.89 Å². The molecule has 28 heavy (non-hydrogen) atoms. The summed E-state index contributed by atoms with van der Waals surface area (Å²) in [5.74, 6) is -0.420. The Balaban J connectivity index is 2.22. The van der Waals surface area contributed by atoms with Crippen molar-refractivity contribution >= 4 is 11.9 Å². The van der Waals surface area contributed by atoms with Gasteiger partial charge in [-0.1, -0.05) is 44.2 Å². The fourth-order valence-corrected chi connectivity index (χ4v) is 2.66. The van der Waals surface area contributed by atoms with Gasteiger partial charge in [-0.05, 0) is 46.1 Å². The Hall–Kier alpha value is -2.70. The average molecular weight is 387 g/mol. The Kier molecular flexibility index (Phi) is 6.27. The molecular weight excluding hydrogens is 358 g/mol. The maximum Gasteiger partial charge on any atom is 0.408 e. The lowest BCUT2D eigenvalue weighted by molar-refractivity contribution is 0.0472. The Morgan fingerprint density at radius 3 is 2.18 bits per heavy atom. The fraction of sp³-hybridized carbons (Fsp3) is 0.524. The molecule has 7 heteroatoms. The van der Waals surface area contributed by atoms with Gasteiger partial charge in [-0.25, -0.2) is 4.79 Å². The van der Waals surface area contributed by atoms with Crippen LogP contribution in [0.4, 0.5) is 4.79 Å². The topological polar surface area (TPSA) is 94.3 Å². The Labute approximate surface area is 165 Å². The van der Waals surface area contributed by atoms with Gasteiger partial charge in [-0.15, -0.1) is 10.2 Å². The molecule has 1 aromatic carbocycles. The number of aromatic nitrogens is 2. The second-order valence-electron chi connectivity index (χ2n) is 8.64. The Bertz CT molecular complexity index is 820. The molecule has 7 nitrogen and oxygen atoms in total. The van der Waals surface area contributed by atoms with E-state index in [1.807, 2.05) is 58.0 Å². The van der Waals surface area contributed by atoms with E-state index in [2.05, 4.69) is 15.5 Å². The molecule has 1 amide bonds. The van der Waals surface area contributed by atoms with Crippen molar-refractivity contribution in [3.63, 3.8) is 0 Å². The molecule has 0 aliphatic heterocycles. The minimum atomic E-state index is -0.831. The molecule has 2 rings (SSSR count). The number of rotatable bonds is 6. The summed E-state index contributed by atoms with van der Waals surface area (Å²) in [7, 11) is 0. The average Bonchev–Trinajstić information content (AvgIpc) is 3.09. The third-order valence-electron chi connectivity index (χ3n) is 4.29. The largest absolute Gasteiger partial charge is 0.444 e. The Morgan fingerprint density at radius 2 is 1.64 bits per heavy atom. The van der Waals surface area contributed by atoms with Crippen molar-refractivity contribution in [3.05, 3.63) is 47.7 Å². The van der Waals surface area contributed by atoms with Crippen LogP contribution in [0.15, 0.2) is 34.7 Å². The normalized spacial score (nSPS) is 13.3. The van der Waals surface area contributed by atoms with Crippen LogP contribution in [0.3, 0.4) is 0 Å². The number of ether oxygens (including phenoxy) is 1. The SMILES string of the molecule is CC(C)C(NC(=O)OC(C)(C)C)C(=O)c1nnc(C(C)(C)c2ccccc2)o1. The predicted molar refractivity (Wildman–Crippen MR) is 105 cm³/mol. The lowest BCUT2D eigenvalue weighted by Crippen LogP contribution is -2.46. The summed E-state index contributed by atoms with van der Waals surface area (Å²) in [6.07, 6.45) is -0.663. The van der Waals surface area contributed by atoms with Crippen LogP contribution in [0.25, 0.3) is 0 Å². The molecule has 0 aliphatic rings. The summed E-state index contributed by atoms with van der Waals surface area (Å²) in [5.41, 5.74) is -0.227. The zero-order chi connectivity index (χ0) is 21.1. The number of ketones is 1. The zero-order valence-electron chi connectivity index (χ0n) is 17.6. The molecule has 2 aromatic rings. The van der Waals surface area contributed by atoms with E-state index < -0.39 is 28.9 Å². The molecule has 1 unspecified atom stereocenters. The number of benzene rings is 1. The van der Waals surface area contributed by atoms with Crippen molar-refractivity contribution < 1.29 is 18.7 Å². The van der Waals surface area contributed by atoms with Crippen molar-refractivity contribution in [1.82, 2.24) is 15.5 Å². The highest BCUT2D eigenvalue weighted by molar-refractivity contribution is 5.98. The third kappa shape index (κ3) is 5.18. The highest BCUT2D eigenvalue weighted by atomic mass is 16.6. The fourth-order valence-electron chi connectivity index (χ4n) is 2.66. The van der Waals surface area contributed by atoms with Crippen molar-refractivity contribution in [2.24, 2.45) is 5.92 Å². The molecule has 1 heterocycles. The highest BCUT2D eigenvalue weighted by Gasteiger charge is 2.34. The molecule has 0 spiro atoms. The first-order valence-corrected chi connectivity index (χ1v) is 9.35. The quantitative estimate of drug-likeness (QED) is 0.749. The van der Waals surface area contributed by atoms with E-state index in [1.165, 1.54) is 0 Å². The van der Waals surface area contributed by atoms with Crippen molar-refractivity contribution in [2.75, 3.05) is 0 Å². The van der Waals surface area contributed by atoms with Crippen LogP contribution < -0.4 is 5.32 Å². The van der Waals surface area contributed by atoms with E-state index in [4.69, 9.17) is 9.15 Å². The number of carbonyl (C=O) groups excluding carboxylic acids is 2. The van der Waals surface area contributed by atoms with Crippen LogP contribution in [0, 0.1) is 5.92 Å². The molecule has 1 atom stereocenters. The van der Waals surface area contributed by atoms with E-state index in [0.29, 0.717) is 5.89 Å². The van der Waals surface area contributed by atoms with Crippen LogP contribution in [-0.2, 0) is 10.2 Å². The van der Waals surface area contributed by atoms with E-state index >= 15 is 0 Å². The van der Waals surface area contributed by atoms with Gasteiger partial charge < -0.3 is 14.5 Å². The number of carbonyl (C=O) groups is 2. The van der Waals surface area contributed by atoms with E-state index in [-0.39, 0.29) is 11.8 Å². The number of alkyl carbamates (subject to hydrolysis) is 1. The van der Waals surface area contributed by atoms with E-state index in [1.54, 1.807) is 20.8 Å². The summed E-state index contributed by atoms with van der Waals surface area (Å²) in [6, 6.07) is 8.89. The van der Waals surface area contributed by atoms with Crippen LogP contribution in [0.1, 0.15) is 70.6 Å². The standard InChI is InChI=1S/C21H29N3O4/c1-13(2)15(22-19(26)28-20(3,4)5)16(25)17-23-24-18(27-17)21(6,7)14-11-9-8-10-12-14/h8-13,15H,1-7H3,(H,22,26). The number of hydrogen-bond acceptors (Lipinski definition) is 6. The number of nitrogens with one attached hydrogen (secondary N) is 1. The first-order valence-electron chi connectivity index (χ1n) is 9.35. The summed E-state index contributed by atoms with van der Waals surface area (Å²) >= 11 is 0. The van der Waals surface area contributed by atoms with Gasteiger partial charge in [0.2, 0.25) is 11.7 Å². The number of nitrogens with zero attached hydrogens (tertiary/aromatic N) is 2. The maximum absolute atomic E-state index is 12.9. The highest BCUT2D eigenvalue weighted by Crippen LogP contribution is 2.30. The molecule has 152 valence electrons. The molecule has 0 fully saturated rings. The maximum atomic E-state index is 12.9. The summed E-state index contributed by atoms with van der Waals surface area (Å²) in [5, 5.41) is 10.6. The van der Waals surface area contributed by atoms with Gasteiger partial charge in [0.15, 0.2) is 0 Å². The smallest absolute Gasteiger partial charge is 0.408 e. The minimum Gasteiger partial charge on any atom is -0.444 e. The molecular formula is C21H29N3O4. The first kappa shape index (κ1) is 21.6. The van der Waals surface area contributed by atoms with Crippen molar-refractivity contribution in [3.8, 4) is 0 Å². The van der Waals surface area contributed by atoms with E-state index in [9.17, 15) is 9.59 Å². The van der Waals surface area contributed by atoms with Crippen molar-refractivity contribution in [1.29, 1.82) is 0 Å². The van der Waals surface area contributed by atoms with Gasteiger partial charge in [-0.3, -0.25) is 4.79 Å². The third-order valence-corrected chi connectivity index (χ3v) is 4.29. The summed E-state index contributed by atoms with van der Waals surface area (Å²) < 4.78 is 11.0. The molecule has 0 saturated carbocycles. The van der Waals surface area contributed by atoms with Gasteiger partial charge in [0.05, 0.1) is 5.41 Å². The predicted octanol–water partition coefficient (Wildman–Crippen LogP) is 4.13. The monoisotopic (exact) mass is 387 g/mol. The van der Waals surface area contributed by atoms with Gasteiger partial charge in [0, 0.05) is 0 Å². The first-order chi connectivity index (χ1) is 12.9. The van der Waals surface area contributed by atoms with Crippen LogP contribution >= 0.6 is 0 Å². The zero-order valence-corrected chi connectivity index (χ0v) is 17.6. The number of hydrogen-bond donors (Lipinski definition) is 1. The molecule has 1 N–H and O–H groups in total. The van der Waals surface area contributed by atoms with E-state index in [0.717, 1.165) is 5.56 Å². The number of Topliss-reactive ketones (excluding diaryl/α,β-unsaturated/α-hetero) is 1. The second kappa shape index (κ2) is 8.12. The summed E-state index contributed by atoms with van der Waals surface area (Å²) in [6.45, 7) is 12.8. The molecule has 0 aliphatic carbocycles.